The van der Waals surface area contributed by atoms with E-state index in [1.165, 1.54) is 0 Å². The molecule has 0 aliphatic carbocycles. The fourth-order valence-electron chi connectivity index (χ4n) is 2.34. The fourth-order valence-corrected chi connectivity index (χ4v) is 2.34. The Morgan fingerprint density at radius 1 is 1.35 bits per heavy atom. The van der Waals surface area contributed by atoms with Gasteiger partial charge in [0, 0.05) is 23.6 Å². The van der Waals surface area contributed by atoms with E-state index in [0.717, 1.165) is 16.5 Å². The predicted molar refractivity (Wildman–Crippen MR) is 78.7 cm³/mol. The van der Waals surface area contributed by atoms with Crippen LogP contribution in [0.3, 0.4) is 0 Å². The molecular formula is C16H21NO3. The maximum absolute atomic E-state index is 12.3. The summed E-state index contributed by atoms with van der Waals surface area (Å²) in [4.78, 5) is 12.3. The van der Waals surface area contributed by atoms with Crippen molar-refractivity contribution in [2.24, 2.45) is 5.92 Å². The minimum atomic E-state index is -0.217. The van der Waals surface area contributed by atoms with Gasteiger partial charge in [0.25, 0.3) is 5.91 Å². The lowest BCUT2D eigenvalue weighted by Crippen LogP contribution is -2.39. The summed E-state index contributed by atoms with van der Waals surface area (Å²) >= 11 is 0. The number of hydrogen-bond donors (Lipinski definition) is 2. The van der Waals surface area contributed by atoms with E-state index in [2.05, 4.69) is 5.32 Å². The van der Waals surface area contributed by atoms with Gasteiger partial charge >= 0.3 is 0 Å². The van der Waals surface area contributed by atoms with Gasteiger partial charge in [-0.1, -0.05) is 32.0 Å². The molecule has 1 heterocycles. The summed E-state index contributed by atoms with van der Waals surface area (Å²) in [7, 11) is 0. The number of aliphatic hydroxyl groups excluding tert-OH is 1. The van der Waals surface area contributed by atoms with Crippen molar-refractivity contribution < 1.29 is 14.3 Å². The van der Waals surface area contributed by atoms with Crippen molar-refractivity contribution in [2.75, 3.05) is 6.61 Å². The first-order valence-electron chi connectivity index (χ1n) is 6.94. The first kappa shape index (κ1) is 14.6. The molecule has 0 fully saturated rings. The summed E-state index contributed by atoms with van der Waals surface area (Å²) < 4.78 is 5.64. The van der Waals surface area contributed by atoms with E-state index in [-0.39, 0.29) is 24.5 Å². The Bertz CT molecular complexity index is 601. The normalized spacial score (nSPS) is 12.8. The summed E-state index contributed by atoms with van der Waals surface area (Å²) in [6, 6.07) is 7.55. The van der Waals surface area contributed by atoms with Gasteiger partial charge in [-0.15, -0.1) is 0 Å². The third-order valence-corrected chi connectivity index (χ3v) is 3.61. The van der Waals surface area contributed by atoms with Crippen LogP contribution in [0.1, 0.15) is 36.4 Å². The van der Waals surface area contributed by atoms with E-state index < -0.39 is 0 Å². The molecule has 1 aromatic heterocycles. The van der Waals surface area contributed by atoms with Crippen LogP contribution in [-0.2, 0) is 0 Å². The molecule has 0 saturated carbocycles. The maximum atomic E-state index is 12.3. The number of hydrogen-bond acceptors (Lipinski definition) is 3. The van der Waals surface area contributed by atoms with Crippen molar-refractivity contribution in [2.45, 2.75) is 33.2 Å². The second-order valence-electron chi connectivity index (χ2n) is 5.39. The monoisotopic (exact) mass is 275 g/mol. The molecule has 2 N–H and O–H groups in total. The third-order valence-electron chi connectivity index (χ3n) is 3.61. The Morgan fingerprint density at radius 3 is 2.65 bits per heavy atom. The first-order valence-corrected chi connectivity index (χ1v) is 6.94. The summed E-state index contributed by atoms with van der Waals surface area (Å²) in [5, 5.41) is 13.0. The van der Waals surface area contributed by atoms with Crippen LogP contribution in [0, 0.1) is 12.8 Å². The highest BCUT2D eigenvalue weighted by atomic mass is 16.3. The highest BCUT2D eigenvalue weighted by Crippen LogP contribution is 2.25. The number of aliphatic hydroxyl groups is 1. The van der Waals surface area contributed by atoms with Gasteiger partial charge in [0.15, 0.2) is 5.76 Å². The molecular weight excluding hydrogens is 254 g/mol. The van der Waals surface area contributed by atoms with E-state index in [0.29, 0.717) is 12.2 Å². The summed E-state index contributed by atoms with van der Waals surface area (Å²) in [6.45, 7) is 5.98. The molecule has 0 radical (unpaired) electrons. The van der Waals surface area contributed by atoms with Gasteiger partial charge in [-0.2, -0.15) is 0 Å². The Balaban J connectivity index is 2.24. The van der Waals surface area contributed by atoms with E-state index in [4.69, 9.17) is 9.52 Å². The molecule has 2 aromatic rings. The zero-order valence-corrected chi connectivity index (χ0v) is 12.1. The summed E-state index contributed by atoms with van der Waals surface area (Å²) in [5.41, 5.74) is 1.57. The highest BCUT2D eigenvalue weighted by molar-refractivity contribution is 5.99. The molecule has 0 aliphatic rings. The average Bonchev–Trinajstić information content (AvgIpc) is 2.76. The molecule has 0 aliphatic heterocycles. The fraction of sp³-hybridized carbons (Fsp3) is 0.438. The number of para-hydroxylation sites is 1. The van der Waals surface area contributed by atoms with Gasteiger partial charge in [0.1, 0.15) is 5.58 Å². The van der Waals surface area contributed by atoms with Crippen molar-refractivity contribution in [3.63, 3.8) is 0 Å². The Kier molecular flexibility index (Phi) is 4.45. The van der Waals surface area contributed by atoms with Crippen LogP contribution in [0.5, 0.6) is 0 Å². The van der Waals surface area contributed by atoms with Crippen LogP contribution >= 0.6 is 0 Å². The first-order chi connectivity index (χ1) is 9.54. The molecule has 1 amide bonds. The Morgan fingerprint density at radius 2 is 2.05 bits per heavy atom. The second-order valence-corrected chi connectivity index (χ2v) is 5.39. The SMILES string of the molecule is Cc1c(C(=O)NC(CCO)C(C)C)oc2ccccc12. The van der Waals surface area contributed by atoms with Gasteiger partial charge < -0.3 is 14.8 Å². The minimum Gasteiger partial charge on any atom is -0.451 e. The topological polar surface area (TPSA) is 62.5 Å². The Labute approximate surface area is 118 Å². The molecule has 20 heavy (non-hydrogen) atoms. The van der Waals surface area contributed by atoms with Crippen LogP contribution in [0.4, 0.5) is 0 Å². The van der Waals surface area contributed by atoms with E-state index in [1.54, 1.807) is 0 Å². The molecule has 1 atom stereocenters. The number of rotatable bonds is 5. The van der Waals surface area contributed by atoms with Gasteiger partial charge in [-0.3, -0.25) is 4.79 Å². The van der Waals surface area contributed by atoms with Crippen LogP contribution in [-0.4, -0.2) is 23.7 Å². The molecule has 0 spiro atoms. The quantitative estimate of drug-likeness (QED) is 0.882. The molecule has 0 bridgehead atoms. The summed E-state index contributed by atoms with van der Waals surface area (Å²) in [5.74, 6) is 0.399. The number of benzene rings is 1. The molecule has 0 saturated heterocycles. The number of aryl methyl sites for hydroxylation is 1. The van der Waals surface area contributed by atoms with Gasteiger partial charge in [0.05, 0.1) is 0 Å². The number of fused-ring (bicyclic) bond motifs is 1. The average molecular weight is 275 g/mol. The predicted octanol–water partition coefficient (Wildman–Crippen LogP) is 2.88. The smallest absolute Gasteiger partial charge is 0.287 e. The van der Waals surface area contributed by atoms with Gasteiger partial charge in [0.2, 0.25) is 0 Å². The molecule has 1 unspecified atom stereocenters. The molecule has 4 nitrogen and oxygen atoms in total. The zero-order valence-electron chi connectivity index (χ0n) is 12.1. The maximum Gasteiger partial charge on any atom is 0.287 e. The van der Waals surface area contributed by atoms with Crippen molar-refractivity contribution in [3.8, 4) is 0 Å². The van der Waals surface area contributed by atoms with Crippen LogP contribution in [0.25, 0.3) is 11.0 Å². The van der Waals surface area contributed by atoms with Gasteiger partial charge in [-0.25, -0.2) is 0 Å². The number of carbonyl (C=O) groups excluding carboxylic acids is 1. The molecule has 4 heteroatoms. The lowest BCUT2D eigenvalue weighted by molar-refractivity contribution is 0.0889. The lowest BCUT2D eigenvalue weighted by atomic mass is 10.0. The van der Waals surface area contributed by atoms with Crippen LogP contribution < -0.4 is 5.32 Å². The van der Waals surface area contributed by atoms with Crippen molar-refractivity contribution in [1.29, 1.82) is 0 Å². The summed E-state index contributed by atoms with van der Waals surface area (Å²) in [6.07, 6.45) is 0.544. The lowest BCUT2D eigenvalue weighted by Gasteiger charge is -2.20. The van der Waals surface area contributed by atoms with Gasteiger partial charge in [-0.05, 0) is 25.3 Å². The largest absolute Gasteiger partial charge is 0.451 e. The van der Waals surface area contributed by atoms with Crippen LogP contribution in [0.2, 0.25) is 0 Å². The Hall–Kier alpha value is -1.81. The molecule has 1 aromatic carbocycles. The molecule has 108 valence electrons. The molecule has 2 rings (SSSR count). The minimum absolute atomic E-state index is 0.0555. The standard InChI is InChI=1S/C16H21NO3/c1-10(2)13(8-9-18)17-16(19)15-11(3)12-6-4-5-7-14(12)20-15/h4-7,10,13,18H,8-9H2,1-3H3,(H,17,19). The highest BCUT2D eigenvalue weighted by Gasteiger charge is 2.21. The van der Waals surface area contributed by atoms with Crippen LogP contribution in [0.15, 0.2) is 28.7 Å². The second kappa shape index (κ2) is 6.09. The number of amides is 1. The third kappa shape index (κ3) is 2.85. The van der Waals surface area contributed by atoms with Crippen molar-refractivity contribution in [1.82, 2.24) is 5.32 Å². The van der Waals surface area contributed by atoms with Crippen molar-refractivity contribution >= 4 is 16.9 Å². The number of carbonyl (C=O) groups is 1. The number of nitrogens with one attached hydrogen (secondary N) is 1. The van der Waals surface area contributed by atoms with E-state index >= 15 is 0 Å². The van der Waals surface area contributed by atoms with Crippen molar-refractivity contribution in [3.05, 3.63) is 35.6 Å². The zero-order chi connectivity index (χ0) is 14.7. The number of furan rings is 1. The van der Waals surface area contributed by atoms with E-state index in [9.17, 15) is 4.79 Å². The van der Waals surface area contributed by atoms with E-state index in [1.807, 2.05) is 45.0 Å².